The van der Waals surface area contributed by atoms with Gasteiger partial charge in [0, 0.05) is 6.07 Å². The molecule has 1 aromatic carbocycles. The van der Waals surface area contributed by atoms with Gasteiger partial charge < -0.3 is 19.0 Å². The molecule has 18 heavy (non-hydrogen) atoms. The smallest absolute Gasteiger partial charge is 0.867 e. The van der Waals surface area contributed by atoms with Crippen LogP contribution >= 0.6 is 0 Å². The van der Waals surface area contributed by atoms with E-state index in [1.807, 2.05) is 0 Å². The first kappa shape index (κ1) is 13.8. The van der Waals surface area contributed by atoms with Crippen molar-refractivity contribution in [2.24, 2.45) is 0 Å². The summed E-state index contributed by atoms with van der Waals surface area (Å²) in [6.45, 7) is 1.56. The molecule has 5 nitrogen and oxygen atoms in total. The molecule has 0 amide bonds. The van der Waals surface area contributed by atoms with Crippen LogP contribution in [0.3, 0.4) is 0 Å². The van der Waals surface area contributed by atoms with Gasteiger partial charge in [0.05, 0.1) is 11.6 Å². The van der Waals surface area contributed by atoms with E-state index in [0.29, 0.717) is 5.76 Å². The van der Waals surface area contributed by atoms with Gasteiger partial charge in [0.25, 0.3) is 0 Å². The molecular formula is C12H7O5Rb. The number of hydrogen-bond donors (Lipinski definition) is 1. The number of phenols is 1. The van der Waals surface area contributed by atoms with Crippen LogP contribution in [0.2, 0.25) is 0 Å². The molecule has 2 heterocycles. The summed E-state index contributed by atoms with van der Waals surface area (Å²) in [6, 6.07) is 2.66. The molecule has 0 aliphatic heterocycles. The molecule has 0 radical (unpaired) electrons. The molecule has 3 rings (SSSR count). The SMILES string of the molecule is Cc1cc(=O)c2c(O)c3ccoc3c([O-])c2o1.[Rb+]. The molecule has 0 fully saturated rings. The first-order valence-corrected chi connectivity index (χ1v) is 4.93. The zero-order valence-electron chi connectivity index (χ0n) is 9.81. The molecule has 1 N–H and O–H groups in total. The second kappa shape index (κ2) is 4.81. The Morgan fingerprint density at radius 2 is 2.06 bits per heavy atom. The summed E-state index contributed by atoms with van der Waals surface area (Å²) < 4.78 is 10.2. The van der Waals surface area contributed by atoms with Gasteiger partial charge >= 0.3 is 58.2 Å². The number of furan rings is 1. The third-order valence-electron chi connectivity index (χ3n) is 2.64. The van der Waals surface area contributed by atoms with Crippen LogP contribution in [-0.4, -0.2) is 5.11 Å². The predicted octanol–water partition coefficient (Wildman–Crippen LogP) is -1.37. The quantitative estimate of drug-likeness (QED) is 0.553. The van der Waals surface area contributed by atoms with Crippen LogP contribution in [0.4, 0.5) is 0 Å². The summed E-state index contributed by atoms with van der Waals surface area (Å²) in [5, 5.41) is 22.0. The molecule has 0 atom stereocenters. The molecule has 0 saturated heterocycles. The fraction of sp³-hybridized carbons (Fsp3) is 0.0833. The Balaban J connectivity index is 0.00000120. The van der Waals surface area contributed by atoms with Gasteiger partial charge in [-0.15, -0.1) is 0 Å². The first-order valence-electron chi connectivity index (χ1n) is 4.93. The van der Waals surface area contributed by atoms with E-state index in [1.165, 1.54) is 18.4 Å². The zero-order chi connectivity index (χ0) is 12.2. The maximum Gasteiger partial charge on any atom is 1.00 e. The van der Waals surface area contributed by atoms with Gasteiger partial charge in [-0.3, -0.25) is 4.79 Å². The van der Waals surface area contributed by atoms with E-state index in [0.717, 1.165) is 0 Å². The minimum Gasteiger partial charge on any atom is -0.867 e. The Kier molecular flexibility index (Phi) is 3.69. The maximum absolute atomic E-state index is 12.0. The minimum atomic E-state index is -0.529. The zero-order valence-corrected chi connectivity index (χ0v) is 14.7. The van der Waals surface area contributed by atoms with Crippen LogP contribution in [0.15, 0.2) is 32.0 Å². The van der Waals surface area contributed by atoms with Crippen LogP contribution in [0, 0.1) is 6.92 Å². The Morgan fingerprint density at radius 3 is 2.78 bits per heavy atom. The van der Waals surface area contributed by atoms with Gasteiger partial charge in [-0.05, 0) is 18.7 Å². The van der Waals surface area contributed by atoms with Crippen molar-refractivity contribution in [3.63, 3.8) is 0 Å². The number of fused-ring (bicyclic) bond motifs is 2. The van der Waals surface area contributed by atoms with Crippen molar-refractivity contribution in [3.05, 3.63) is 34.4 Å². The minimum absolute atomic E-state index is 0. The van der Waals surface area contributed by atoms with E-state index in [4.69, 9.17) is 8.83 Å². The summed E-state index contributed by atoms with van der Waals surface area (Å²) in [7, 11) is 0. The second-order valence-corrected chi connectivity index (χ2v) is 3.77. The van der Waals surface area contributed by atoms with E-state index < -0.39 is 11.2 Å². The Bertz CT molecular complexity index is 799. The summed E-state index contributed by atoms with van der Waals surface area (Å²) in [5.74, 6) is -0.499. The van der Waals surface area contributed by atoms with Crippen LogP contribution < -0.4 is 68.7 Å². The van der Waals surface area contributed by atoms with Crippen molar-refractivity contribution in [1.29, 1.82) is 0 Å². The average molecular weight is 317 g/mol. The molecule has 0 aliphatic carbocycles. The maximum atomic E-state index is 12.0. The fourth-order valence-electron chi connectivity index (χ4n) is 1.90. The van der Waals surface area contributed by atoms with Gasteiger partial charge in [-0.1, -0.05) is 0 Å². The summed E-state index contributed by atoms with van der Waals surface area (Å²) >= 11 is 0. The summed E-state index contributed by atoms with van der Waals surface area (Å²) in [4.78, 5) is 11.7. The van der Waals surface area contributed by atoms with Crippen LogP contribution in [0.25, 0.3) is 21.9 Å². The molecular weight excluding hydrogens is 310 g/mol. The molecule has 6 heteroatoms. The van der Waals surface area contributed by atoms with E-state index in [1.54, 1.807) is 6.92 Å². The van der Waals surface area contributed by atoms with Gasteiger partial charge in [0.1, 0.15) is 28.1 Å². The van der Waals surface area contributed by atoms with Crippen LogP contribution in [-0.2, 0) is 0 Å². The van der Waals surface area contributed by atoms with E-state index in [2.05, 4.69) is 0 Å². The molecule has 0 unspecified atom stereocenters. The van der Waals surface area contributed by atoms with Crippen molar-refractivity contribution >= 4 is 21.9 Å². The summed E-state index contributed by atoms with van der Waals surface area (Å²) in [6.07, 6.45) is 1.28. The monoisotopic (exact) mass is 316 g/mol. The second-order valence-electron chi connectivity index (χ2n) is 3.77. The molecule has 0 spiro atoms. The molecule has 3 aromatic rings. The fourth-order valence-corrected chi connectivity index (χ4v) is 1.90. The largest absolute Gasteiger partial charge is 1.00 e. The molecule has 86 valence electrons. The van der Waals surface area contributed by atoms with Gasteiger partial charge in [0.2, 0.25) is 0 Å². The number of phenolic OH excluding ortho intramolecular Hbond substituents is 1. The first-order chi connectivity index (χ1) is 8.09. The standard InChI is InChI=1S/C12H8O5.Rb/c1-5-4-7(13)8-9(14)6-2-3-16-11(6)10(15)12(8)17-5;/h2-4,14-15H,1H3;/q;+1/p-1. The Labute approximate surface area is 150 Å². The van der Waals surface area contributed by atoms with Crippen molar-refractivity contribution in [2.45, 2.75) is 6.92 Å². The Morgan fingerprint density at radius 1 is 1.33 bits per heavy atom. The van der Waals surface area contributed by atoms with Crippen molar-refractivity contribution in [2.75, 3.05) is 0 Å². The number of rotatable bonds is 0. The van der Waals surface area contributed by atoms with Crippen molar-refractivity contribution in [1.82, 2.24) is 0 Å². The predicted molar refractivity (Wildman–Crippen MR) is 58.1 cm³/mol. The van der Waals surface area contributed by atoms with Crippen LogP contribution in [0.1, 0.15) is 5.76 Å². The van der Waals surface area contributed by atoms with Crippen LogP contribution in [0.5, 0.6) is 11.5 Å². The van der Waals surface area contributed by atoms with E-state index in [9.17, 15) is 15.0 Å². The number of benzene rings is 1. The molecule has 0 saturated carbocycles. The Hall–Kier alpha value is -0.625. The van der Waals surface area contributed by atoms with Crippen molar-refractivity contribution < 1.29 is 77.2 Å². The number of hydrogen-bond acceptors (Lipinski definition) is 5. The normalized spacial score (nSPS) is 10.7. The third kappa shape index (κ3) is 1.86. The van der Waals surface area contributed by atoms with E-state index >= 15 is 0 Å². The number of aromatic hydroxyl groups is 1. The summed E-state index contributed by atoms with van der Waals surface area (Å²) in [5.41, 5.74) is -0.625. The van der Waals surface area contributed by atoms with Crippen molar-refractivity contribution in [3.8, 4) is 11.5 Å². The van der Waals surface area contributed by atoms with Gasteiger partial charge in [-0.2, -0.15) is 0 Å². The number of aryl methyl sites for hydroxylation is 1. The third-order valence-corrected chi connectivity index (χ3v) is 2.64. The topological polar surface area (TPSA) is 86.6 Å². The van der Waals surface area contributed by atoms with Gasteiger partial charge in [-0.25, -0.2) is 0 Å². The van der Waals surface area contributed by atoms with E-state index in [-0.39, 0.29) is 85.9 Å². The van der Waals surface area contributed by atoms with Gasteiger partial charge in [0.15, 0.2) is 5.43 Å². The molecule has 2 aromatic heterocycles. The molecule has 0 bridgehead atoms. The molecule has 0 aliphatic rings. The average Bonchev–Trinajstić information content (AvgIpc) is 2.74.